The van der Waals surface area contributed by atoms with Gasteiger partial charge in [0.15, 0.2) is 0 Å². The van der Waals surface area contributed by atoms with E-state index in [1.807, 2.05) is 0 Å². The Bertz CT molecular complexity index is 208. The van der Waals surface area contributed by atoms with Crippen LogP contribution in [0.4, 0.5) is 0 Å². The molecule has 0 spiro atoms. The highest BCUT2D eigenvalue weighted by atomic mass is 16.3. The van der Waals surface area contributed by atoms with E-state index >= 15 is 0 Å². The lowest BCUT2D eigenvalue weighted by Crippen LogP contribution is -2.53. The molecule has 0 aromatic carbocycles. The zero-order valence-electron chi connectivity index (χ0n) is 7.70. The van der Waals surface area contributed by atoms with E-state index in [9.17, 15) is 9.90 Å². The number of amides is 1. The summed E-state index contributed by atoms with van der Waals surface area (Å²) in [6.07, 6.45) is 2.80. The van der Waals surface area contributed by atoms with Gasteiger partial charge in [0, 0.05) is 19.1 Å². The van der Waals surface area contributed by atoms with E-state index in [1.54, 1.807) is 0 Å². The van der Waals surface area contributed by atoms with Gasteiger partial charge in [0.05, 0.1) is 12.6 Å². The molecule has 2 N–H and O–H groups in total. The number of aliphatic hydroxyl groups excluding tert-OH is 1. The highest BCUT2D eigenvalue weighted by Crippen LogP contribution is 2.24. The molecule has 0 aromatic rings. The van der Waals surface area contributed by atoms with Crippen molar-refractivity contribution in [2.45, 2.75) is 31.4 Å². The van der Waals surface area contributed by atoms with E-state index < -0.39 is 0 Å². The first-order valence-electron chi connectivity index (χ1n) is 4.96. The van der Waals surface area contributed by atoms with Gasteiger partial charge >= 0.3 is 0 Å². The Kier molecular flexibility index (Phi) is 2.51. The molecule has 1 aliphatic heterocycles. The Morgan fingerprint density at radius 3 is 2.92 bits per heavy atom. The largest absolute Gasteiger partial charge is 0.391 e. The summed E-state index contributed by atoms with van der Waals surface area (Å²) in [7, 11) is 0. The quantitative estimate of drug-likeness (QED) is 0.568. The molecule has 2 atom stereocenters. The van der Waals surface area contributed by atoms with Crippen LogP contribution in [0.5, 0.6) is 0 Å². The number of rotatable bonds is 1. The van der Waals surface area contributed by atoms with Crippen molar-refractivity contribution in [1.29, 1.82) is 0 Å². The number of nitrogens with one attached hydrogen (secondary N) is 1. The normalized spacial score (nSPS) is 36.2. The monoisotopic (exact) mass is 184 g/mol. The maximum Gasteiger partial charge on any atom is 0.234 e. The second-order valence-electron chi connectivity index (χ2n) is 3.89. The molecule has 1 amide bonds. The molecule has 2 fully saturated rings. The molecule has 1 heterocycles. The topological polar surface area (TPSA) is 52.6 Å². The predicted octanol–water partition coefficient (Wildman–Crippen LogP) is -0.668. The summed E-state index contributed by atoms with van der Waals surface area (Å²) >= 11 is 0. The summed E-state index contributed by atoms with van der Waals surface area (Å²) in [5.74, 6) is 0.0883. The standard InChI is InChI=1S/C9H16N2O2/c12-8-3-1-2-7(8)11-5-4-10-9(13)6-11/h7-8,12H,1-6H2,(H,10,13)/t7-,8+/m1/s1. The van der Waals surface area contributed by atoms with Gasteiger partial charge < -0.3 is 10.4 Å². The second-order valence-corrected chi connectivity index (χ2v) is 3.89. The van der Waals surface area contributed by atoms with Crippen molar-refractivity contribution >= 4 is 5.91 Å². The number of hydrogen-bond donors (Lipinski definition) is 2. The number of carbonyl (C=O) groups is 1. The van der Waals surface area contributed by atoms with Crippen LogP contribution in [0.25, 0.3) is 0 Å². The van der Waals surface area contributed by atoms with E-state index in [1.165, 1.54) is 0 Å². The summed E-state index contributed by atoms with van der Waals surface area (Å²) in [4.78, 5) is 13.2. The van der Waals surface area contributed by atoms with Crippen LogP contribution in [0.15, 0.2) is 0 Å². The maximum atomic E-state index is 11.1. The zero-order chi connectivity index (χ0) is 9.26. The average Bonchev–Trinajstić information content (AvgIpc) is 2.51. The highest BCUT2D eigenvalue weighted by molar-refractivity contribution is 5.78. The van der Waals surface area contributed by atoms with Crippen molar-refractivity contribution in [3.05, 3.63) is 0 Å². The lowest BCUT2D eigenvalue weighted by Gasteiger charge is -2.33. The molecule has 2 rings (SSSR count). The molecular weight excluding hydrogens is 168 g/mol. The first-order valence-corrected chi connectivity index (χ1v) is 4.96. The van der Waals surface area contributed by atoms with Gasteiger partial charge in [-0.1, -0.05) is 0 Å². The molecule has 0 bridgehead atoms. The molecule has 2 aliphatic rings. The third-order valence-corrected chi connectivity index (χ3v) is 2.98. The number of piperazine rings is 1. The van der Waals surface area contributed by atoms with Crippen molar-refractivity contribution in [2.24, 2.45) is 0 Å². The molecule has 4 nitrogen and oxygen atoms in total. The van der Waals surface area contributed by atoms with Crippen LogP contribution in [0.3, 0.4) is 0 Å². The Morgan fingerprint density at radius 2 is 2.31 bits per heavy atom. The van der Waals surface area contributed by atoms with Gasteiger partial charge in [0.25, 0.3) is 0 Å². The minimum Gasteiger partial charge on any atom is -0.391 e. The van der Waals surface area contributed by atoms with E-state index in [0.29, 0.717) is 6.54 Å². The van der Waals surface area contributed by atoms with Gasteiger partial charge in [0.1, 0.15) is 0 Å². The van der Waals surface area contributed by atoms with E-state index in [4.69, 9.17) is 0 Å². The van der Waals surface area contributed by atoms with Crippen LogP contribution >= 0.6 is 0 Å². The lowest BCUT2D eigenvalue weighted by atomic mass is 10.1. The minimum atomic E-state index is -0.217. The molecule has 0 aromatic heterocycles. The van der Waals surface area contributed by atoms with E-state index in [0.717, 1.165) is 32.4 Å². The Balaban J connectivity index is 1.95. The van der Waals surface area contributed by atoms with Crippen LogP contribution < -0.4 is 5.32 Å². The maximum absolute atomic E-state index is 11.1. The molecular formula is C9H16N2O2. The summed E-state index contributed by atoms with van der Waals surface area (Å²) in [5, 5.41) is 12.4. The van der Waals surface area contributed by atoms with Gasteiger partial charge in [-0.15, -0.1) is 0 Å². The molecule has 0 unspecified atom stereocenters. The Morgan fingerprint density at radius 1 is 1.46 bits per heavy atom. The molecule has 13 heavy (non-hydrogen) atoms. The first-order chi connectivity index (χ1) is 6.27. The fourth-order valence-corrected chi connectivity index (χ4v) is 2.29. The average molecular weight is 184 g/mol. The van der Waals surface area contributed by atoms with E-state index in [2.05, 4.69) is 10.2 Å². The van der Waals surface area contributed by atoms with Crippen LogP contribution in [0, 0.1) is 0 Å². The predicted molar refractivity (Wildman–Crippen MR) is 48.2 cm³/mol. The Labute approximate surface area is 77.9 Å². The highest BCUT2D eigenvalue weighted by Gasteiger charge is 2.32. The smallest absolute Gasteiger partial charge is 0.234 e. The molecule has 74 valence electrons. The van der Waals surface area contributed by atoms with Gasteiger partial charge in [0.2, 0.25) is 5.91 Å². The molecule has 0 radical (unpaired) electrons. The third-order valence-electron chi connectivity index (χ3n) is 2.98. The van der Waals surface area contributed by atoms with Crippen molar-refractivity contribution in [3.8, 4) is 0 Å². The number of aliphatic hydroxyl groups is 1. The third kappa shape index (κ3) is 1.84. The summed E-state index contributed by atoms with van der Waals surface area (Å²) in [6.45, 7) is 2.07. The molecule has 1 aliphatic carbocycles. The van der Waals surface area contributed by atoms with E-state index in [-0.39, 0.29) is 18.1 Å². The fourth-order valence-electron chi connectivity index (χ4n) is 2.29. The van der Waals surface area contributed by atoms with Crippen LogP contribution in [0.2, 0.25) is 0 Å². The zero-order valence-corrected chi connectivity index (χ0v) is 7.70. The lowest BCUT2D eigenvalue weighted by molar-refractivity contribution is -0.125. The van der Waals surface area contributed by atoms with Crippen LogP contribution in [-0.2, 0) is 4.79 Å². The van der Waals surface area contributed by atoms with Gasteiger partial charge in [-0.2, -0.15) is 0 Å². The Hall–Kier alpha value is -0.610. The number of nitrogens with zero attached hydrogens (tertiary/aromatic N) is 1. The number of hydrogen-bond acceptors (Lipinski definition) is 3. The van der Waals surface area contributed by atoms with Crippen molar-refractivity contribution < 1.29 is 9.90 Å². The fraction of sp³-hybridized carbons (Fsp3) is 0.889. The van der Waals surface area contributed by atoms with Crippen molar-refractivity contribution in [2.75, 3.05) is 19.6 Å². The van der Waals surface area contributed by atoms with Crippen molar-refractivity contribution in [1.82, 2.24) is 10.2 Å². The van der Waals surface area contributed by atoms with Crippen LogP contribution in [-0.4, -0.2) is 47.7 Å². The summed E-state index contributed by atoms with van der Waals surface area (Å²) in [6, 6.07) is 0.228. The van der Waals surface area contributed by atoms with Gasteiger partial charge in [-0.25, -0.2) is 0 Å². The number of carbonyl (C=O) groups excluding carboxylic acids is 1. The SMILES string of the molecule is O=C1CN([C@@H]2CCC[C@@H]2O)CCN1. The summed E-state index contributed by atoms with van der Waals surface area (Å²) in [5.41, 5.74) is 0. The first kappa shape index (κ1) is 8.97. The molecule has 1 saturated carbocycles. The van der Waals surface area contributed by atoms with Crippen LogP contribution in [0.1, 0.15) is 19.3 Å². The van der Waals surface area contributed by atoms with Gasteiger partial charge in [-0.3, -0.25) is 9.69 Å². The summed E-state index contributed by atoms with van der Waals surface area (Å²) < 4.78 is 0. The second kappa shape index (κ2) is 3.64. The molecule has 1 saturated heterocycles. The van der Waals surface area contributed by atoms with Crippen molar-refractivity contribution in [3.63, 3.8) is 0 Å². The molecule has 4 heteroatoms. The van der Waals surface area contributed by atoms with Gasteiger partial charge in [-0.05, 0) is 19.3 Å². The minimum absolute atomic E-state index is 0.0883.